The number of sulfonamides is 1. The molecule has 2 aromatic rings. The molecule has 140 valence electrons. The van der Waals surface area contributed by atoms with Crippen LogP contribution in [0.2, 0.25) is 5.02 Å². The molecular weight excluding hydrogens is 383 g/mol. The van der Waals surface area contributed by atoms with Gasteiger partial charge in [0.25, 0.3) is 5.91 Å². The third-order valence-electron chi connectivity index (χ3n) is 3.47. The summed E-state index contributed by atoms with van der Waals surface area (Å²) in [5.41, 5.74) is 0.458. The lowest BCUT2D eigenvalue weighted by atomic mass is 10.2. The van der Waals surface area contributed by atoms with Crippen LogP contribution in [0.5, 0.6) is 5.75 Å². The predicted octanol–water partition coefficient (Wildman–Crippen LogP) is 2.42. The second-order valence-electron chi connectivity index (χ2n) is 5.54. The Hall–Kier alpha value is -2.16. The van der Waals surface area contributed by atoms with E-state index in [1.807, 2.05) is 0 Å². The van der Waals surface area contributed by atoms with Crippen molar-refractivity contribution in [2.45, 2.75) is 11.4 Å². The molecule has 0 aliphatic heterocycles. The first kappa shape index (κ1) is 20.2. The third kappa shape index (κ3) is 4.94. The Morgan fingerprint density at radius 1 is 1.23 bits per heavy atom. The maximum Gasteiger partial charge on any atom is 0.258 e. The van der Waals surface area contributed by atoms with Crippen molar-refractivity contribution in [2.75, 3.05) is 20.7 Å². The van der Waals surface area contributed by atoms with Crippen LogP contribution in [0, 0.1) is 5.82 Å². The maximum atomic E-state index is 13.1. The van der Waals surface area contributed by atoms with Crippen molar-refractivity contribution in [1.82, 2.24) is 9.62 Å². The Morgan fingerprint density at radius 2 is 1.92 bits per heavy atom. The van der Waals surface area contributed by atoms with E-state index in [0.717, 1.165) is 10.4 Å². The summed E-state index contributed by atoms with van der Waals surface area (Å²) in [5, 5.41) is 2.49. The van der Waals surface area contributed by atoms with Crippen LogP contribution in [0.3, 0.4) is 0 Å². The zero-order valence-corrected chi connectivity index (χ0v) is 15.8. The van der Waals surface area contributed by atoms with Gasteiger partial charge in [0, 0.05) is 26.7 Å². The van der Waals surface area contributed by atoms with Crippen molar-refractivity contribution in [2.24, 2.45) is 0 Å². The first-order chi connectivity index (χ1) is 12.2. The Labute approximate surface area is 156 Å². The quantitative estimate of drug-likeness (QED) is 0.774. The van der Waals surface area contributed by atoms with Crippen LogP contribution in [0.1, 0.15) is 5.56 Å². The molecule has 0 aromatic heterocycles. The molecule has 0 spiro atoms. The highest BCUT2D eigenvalue weighted by atomic mass is 35.5. The lowest BCUT2D eigenvalue weighted by Crippen LogP contribution is -2.30. The minimum atomic E-state index is -3.62. The SMILES string of the molecule is CN(C)S(=O)(=O)c1ccccc1CNC(=O)COc1ccc(F)c(Cl)c1. The van der Waals surface area contributed by atoms with E-state index < -0.39 is 21.7 Å². The molecule has 0 heterocycles. The molecule has 0 saturated carbocycles. The Balaban J connectivity index is 1.99. The van der Waals surface area contributed by atoms with Crippen molar-refractivity contribution < 1.29 is 22.3 Å². The number of nitrogens with one attached hydrogen (secondary N) is 1. The lowest BCUT2D eigenvalue weighted by molar-refractivity contribution is -0.123. The first-order valence-electron chi connectivity index (χ1n) is 7.57. The summed E-state index contributed by atoms with van der Waals surface area (Å²) in [6.45, 7) is -0.291. The standard InChI is InChI=1S/C17H18ClFN2O4S/c1-21(2)26(23,24)16-6-4-3-5-12(16)10-20-17(22)11-25-13-7-8-15(19)14(18)9-13/h3-9H,10-11H2,1-2H3,(H,20,22). The zero-order chi connectivity index (χ0) is 19.3. The second-order valence-corrected chi connectivity index (χ2v) is 8.06. The van der Waals surface area contributed by atoms with Gasteiger partial charge in [-0.15, -0.1) is 0 Å². The number of ether oxygens (including phenoxy) is 1. The largest absolute Gasteiger partial charge is 0.484 e. The Bertz CT molecular complexity index is 903. The van der Waals surface area contributed by atoms with Crippen molar-refractivity contribution in [3.63, 3.8) is 0 Å². The predicted molar refractivity (Wildman–Crippen MR) is 96.1 cm³/mol. The summed E-state index contributed by atoms with van der Waals surface area (Å²) in [4.78, 5) is 12.1. The van der Waals surface area contributed by atoms with Crippen molar-refractivity contribution >= 4 is 27.5 Å². The van der Waals surface area contributed by atoms with Gasteiger partial charge in [-0.3, -0.25) is 4.79 Å². The van der Waals surface area contributed by atoms with Gasteiger partial charge < -0.3 is 10.1 Å². The number of halogens is 2. The maximum absolute atomic E-state index is 13.1. The fourth-order valence-electron chi connectivity index (χ4n) is 2.06. The minimum absolute atomic E-state index is 0.0234. The molecule has 1 amide bonds. The van der Waals surface area contributed by atoms with E-state index in [0.29, 0.717) is 5.56 Å². The summed E-state index contributed by atoms with van der Waals surface area (Å²) >= 11 is 5.64. The highest BCUT2D eigenvalue weighted by Gasteiger charge is 2.20. The number of amides is 1. The van der Waals surface area contributed by atoms with Crippen LogP contribution in [0.4, 0.5) is 4.39 Å². The van der Waals surface area contributed by atoms with Gasteiger partial charge in [-0.1, -0.05) is 29.8 Å². The van der Waals surface area contributed by atoms with Gasteiger partial charge >= 0.3 is 0 Å². The molecule has 0 radical (unpaired) electrons. The Morgan fingerprint density at radius 3 is 2.58 bits per heavy atom. The van der Waals surface area contributed by atoms with Gasteiger partial charge in [-0.05, 0) is 23.8 Å². The molecule has 0 saturated heterocycles. The molecule has 26 heavy (non-hydrogen) atoms. The average Bonchev–Trinajstić information content (AvgIpc) is 2.61. The van der Waals surface area contributed by atoms with Crippen molar-refractivity contribution in [3.8, 4) is 5.75 Å². The fraction of sp³-hybridized carbons (Fsp3) is 0.235. The summed E-state index contributed by atoms with van der Waals surface area (Å²) in [6.07, 6.45) is 0. The monoisotopic (exact) mass is 400 g/mol. The van der Waals surface area contributed by atoms with Crippen LogP contribution >= 0.6 is 11.6 Å². The van der Waals surface area contributed by atoms with Gasteiger partial charge in [-0.25, -0.2) is 17.1 Å². The zero-order valence-electron chi connectivity index (χ0n) is 14.2. The van der Waals surface area contributed by atoms with E-state index in [2.05, 4.69) is 5.32 Å². The number of rotatable bonds is 7. The molecule has 0 bridgehead atoms. The smallest absolute Gasteiger partial charge is 0.258 e. The number of hydrogen-bond acceptors (Lipinski definition) is 4. The highest BCUT2D eigenvalue weighted by molar-refractivity contribution is 7.89. The average molecular weight is 401 g/mol. The van der Waals surface area contributed by atoms with Crippen LogP contribution in [-0.2, 0) is 21.4 Å². The topological polar surface area (TPSA) is 75.7 Å². The molecule has 1 N–H and O–H groups in total. The van der Waals surface area contributed by atoms with Crippen molar-refractivity contribution in [1.29, 1.82) is 0 Å². The third-order valence-corrected chi connectivity index (χ3v) is 5.67. The molecule has 2 aromatic carbocycles. The number of carbonyl (C=O) groups is 1. The second kappa shape index (κ2) is 8.48. The number of benzene rings is 2. The Kier molecular flexibility index (Phi) is 6.57. The molecule has 2 rings (SSSR count). The lowest BCUT2D eigenvalue weighted by Gasteiger charge is -2.15. The van der Waals surface area contributed by atoms with Gasteiger partial charge in [0.2, 0.25) is 10.0 Å². The summed E-state index contributed by atoms with van der Waals surface area (Å²) in [6, 6.07) is 10.2. The summed E-state index contributed by atoms with van der Waals surface area (Å²) in [7, 11) is -0.745. The van der Waals surface area contributed by atoms with Crippen LogP contribution in [0.25, 0.3) is 0 Å². The fourth-order valence-corrected chi connectivity index (χ4v) is 3.34. The molecular formula is C17H18ClFN2O4S. The van der Waals surface area contributed by atoms with E-state index in [1.54, 1.807) is 18.2 Å². The van der Waals surface area contributed by atoms with Crippen LogP contribution < -0.4 is 10.1 Å². The van der Waals surface area contributed by atoms with E-state index >= 15 is 0 Å². The van der Waals surface area contributed by atoms with Gasteiger partial charge in [0.15, 0.2) is 6.61 Å². The van der Waals surface area contributed by atoms with Crippen LogP contribution in [-0.4, -0.2) is 39.3 Å². The van der Waals surface area contributed by atoms with E-state index in [-0.39, 0.29) is 28.8 Å². The minimum Gasteiger partial charge on any atom is -0.484 e. The molecule has 9 heteroatoms. The van der Waals surface area contributed by atoms with Gasteiger partial charge in [0.1, 0.15) is 11.6 Å². The van der Waals surface area contributed by atoms with E-state index in [4.69, 9.17) is 16.3 Å². The molecule has 0 aliphatic rings. The normalized spacial score (nSPS) is 11.4. The number of hydrogen-bond donors (Lipinski definition) is 1. The van der Waals surface area contributed by atoms with E-state index in [9.17, 15) is 17.6 Å². The molecule has 6 nitrogen and oxygen atoms in total. The molecule has 0 atom stereocenters. The van der Waals surface area contributed by atoms with Gasteiger partial charge in [-0.2, -0.15) is 0 Å². The van der Waals surface area contributed by atoms with E-state index in [1.165, 1.54) is 32.3 Å². The summed E-state index contributed by atoms with van der Waals surface area (Å²) in [5.74, 6) is -0.785. The number of carbonyl (C=O) groups excluding carboxylic acids is 1. The van der Waals surface area contributed by atoms with Gasteiger partial charge in [0.05, 0.1) is 9.92 Å². The summed E-state index contributed by atoms with van der Waals surface area (Å²) < 4.78 is 44.0. The number of nitrogens with zero attached hydrogens (tertiary/aromatic N) is 1. The van der Waals surface area contributed by atoms with Crippen LogP contribution in [0.15, 0.2) is 47.4 Å². The first-order valence-corrected chi connectivity index (χ1v) is 9.38. The molecule has 0 unspecified atom stereocenters. The molecule has 0 fully saturated rings. The highest BCUT2D eigenvalue weighted by Crippen LogP contribution is 2.21. The van der Waals surface area contributed by atoms with Crippen molar-refractivity contribution in [3.05, 3.63) is 58.9 Å². The molecule has 0 aliphatic carbocycles.